The predicted molar refractivity (Wildman–Crippen MR) is 119 cm³/mol. The maximum absolute atomic E-state index is 13.3. The number of hydrogen-bond donors (Lipinski definition) is 2. The molecule has 1 aliphatic carbocycles. The Balaban J connectivity index is 0.00000324. The molecule has 3 aromatic rings. The summed E-state index contributed by atoms with van der Waals surface area (Å²) in [6.07, 6.45) is 0. The van der Waals surface area contributed by atoms with Crippen LogP contribution in [0.1, 0.15) is 31.8 Å². The SMILES string of the molecule is C=CS(=O)(=O)c1ccccc1Nc1cc(S(=O)(=O)[O-])c(N)c2c1C(=O)c1ccccc1C2=O.[Na+]. The molecule has 0 unspecified atom stereocenters. The quantitative estimate of drug-likeness (QED) is 0.208. The Kier molecular flexibility index (Phi) is 6.91. The van der Waals surface area contributed by atoms with Crippen LogP contribution in [-0.2, 0) is 20.0 Å². The van der Waals surface area contributed by atoms with Crippen LogP contribution in [0.15, 0.2) is 76.4 Å². The Labute approximate surface area is 217 Å². The van der Waals surface area contributed by atoms with Gasteiger partial charge in [0, 0.05) is 16.5 Å². The molecule has 0 bridgehead atoms. The largest absolute Gasteiger partial charge is 1.00 e. The first-order valence-electron chi connectivity index (χ1n) is 9.31. The summed E-state index contributed by atoms with van der Waals surface area (Å²) >= 11 is 0. The summed E-state index contributed by atoms with van der Waals surface area (Å²) in [5.74, 6) is -1.38. The number of hydrogen-bond acceptors (Lipinski definition) is 9. The van der Waals surface area contributed by atoms with E-state index in [9.17, 15) is 31.0 Å². The van der Waals surface area contributed by atoms with E-state index in [2.05, 4.69) is 11.9 Å². The van der Waals surface area contributed by atoms with E-state index in [1.165, 1.54) is 42.5 Å². The first-order valence-corrected chi connectivity index (χ1v) is 12.3. The van der Waals surface area contributed by atoms with E-state index >= 15 is 0 Å². The van der Waals surface area contributed by atoms with Gasteiger partial charge in [-0.1, -0.05) is 43.0 Å². The second kappa shape index (κ2) is 9.10. The summed E-state index contributed by atoms with van der Waals surface area (Å²) in [6, 6.07) is 12.3. The molecule has 0 fully saturated rings. The van der Waals surface area contributed by atoms with Gasteiger partial charge in [0.1, 0.15) is 10.1 Å². The van der Waals surface area contributed by atoms with Crippen LogP contribution in [0.3, 0.4) is 0 Å². The molecule has 0 saturated carbocycles. The summed E-state index contributed by atoms with van der Waals surface area (Å²) in [5, 5.41) is 3.43. The number of rotatable bonds is 5. The van der Waals surface area contributed by atoms with Crippen molar-refractivity contribution in [2.75, 3.05) is 11.1 Å². The summed E-state index contributed by atoms with van der Waals surface area (Å²) in [7, 11) is -9.10. The van der Waals surface area contributed by atoms with Crippen LogP contribution in [0, 0.1) is 0 Å². The van der Waals surface area contributed by atoms with Gasteiger partial charge in [0.25, 0.3) is 0 Å². The second-order valence-corrected chi connectivity index (χ2v) is 10.3. The standard InChI is InChI=1S/C22H16N2O7S2.Na/c1-2-32(27,28)16-10-6-5-9-14(16)24-15-11-17(33(29,30)31)20(23)19-18(15)21(25)12-7-3-4-8-13(12)22(19)26;/h2-11,24H,1,23H2,(H,29,30,31);/q;+1/p-1. The first-order chi connectivity index (χ1) is 15.5. The van der Waals surface area contributed by atoms with E-state index in [0.717, 1.165) is 11.5 Å². The van der Waals surface area contributed by atoms with Crippen molar-refractivity contribution < 1.29 is 60.5 Å². The summed E-state index contributed by atoms with van der Waals surface area (Å²) in [4.78, 5) is 25.3. The number of benzene rings is 3. The van der Waals surface area contributed by atoms with Crippen molar-refractivity contribution >= 4 is 48.6 Å². The molecular weight excluding hydrogens is 491 g/mol. The van der Waals surface area contributed by atoms with Crippen LogP contribution in [0.5, 0.6) is 0 Å². The number of carbonyl (C=O) groups excluding carboxylic acids is 2. The van der Waals surface area contributed by atoms with Crippen LogP contribution in [0.4, 0.5) is 17.1 Å². The molecule has 0 aliphatic heterocycles. The van der Waals surface area contributed by atoms with Crippen LogP contribution in [0.2, 0.25) is 0 Å². The van der Waals surface area contributed by atoms with Gasteiger partial charge in [-0.15, -0.1) is 0 Å². The van der Waals surface area contributed by atoms with Gasteiger partial charge in [-0.05, 0) is 18.2 Å². The van der Waals surface area contributed by atoms with Crippen LogP contribution < -0.4 is 40.6 Å². The minimum absolute atomic E-state index is 0. The molecule has 4 rings (SSSR count). The number of nitrogen functional groups attached to an aromatic ring is 1. The molecule has 3 aromatic carbocycles. The molecule has 0 radical (unpaired) electrons. The Bertz CT molecular complexity index is 1600. The Hall–Kier alpha value is -2.80. The Morgan fingerprint density at radius 1 is 0.824 bits per heavy atom. The maximum atomic E-state index is 13.3. The average Bonchev–Trinajstić information content (AvgIpc) is 2.77. The third-order valence-corrected chi connectivity index (χ3v) is 7.44. The first kappa shape index (κ1) is 25.8. The topological polar surface area (TPSA) is 164 Å². The Morgan fingerprint density at radius 2 is 1.35 bits per heavy atom. The van der Waals surface area contributed by atoms with Gasteiger partial charge in [-0.2, -0.15) is 0 Å². The van der Waals surface area contributed by atoms with Crippen molar-refractivity contribution in [2.24, 2.45) is 0 Å². The van der Waals surface area contributed by atoms with Gasteiger partial charge in [0.05, 0.1) is 38.0 Å². The van der Waals surface area contributed by atoms with Crippen molar-refractivity contribution in [3.63, 3.8) is 0 Å². The molecule has 0 amide bonds. The molecule has 168 valence electrons. The average molecular weight is 506 g/mol. The van der Waals surface area contributed by atoms with Crippen molar-refractivity contribution in [2.45, 2.75) is 9.79 Å². The monoisotopic (exact) mass is 506 g/mol. The van der Waals surface area contributed by atoms with E-state index in [1.807, 2.05) is 0 Å². The number of nitrogens with one attached hydrogen (secondary N) is 1. The van der Waals surface area contributed by atoms with Crippen molar-refractivity contribution in [1.82, 2.24) is 0 Å². The molecule has 0 aromatic heterocycles. The van der Waals surface area contributed by atoms with Crippen LogP contribution >= 0.6 is 0 Å². The summed E-state index contributed by atoms with van der Waals surface area (Å²) in [6.45, 7) is 3.28. The molecule has 1 aliphatic rings. The van der Waals surface area contributed by atoms with Crippen molar-refractivity contribution in [3.05, 3.63) is 88.8 Å². The fourth-order valence-electron chi connectivity index (χ4n) is 3.65. The molecule has 0 spiro atoms. The van der Waals surface area contributed by atoms with Gasteiger partial charge in [0.2, 0.25) is 9.84 Å². The molecule has 34 heavy (non-hydrogen) atoms. The van der Waals surface area contributed by atoms with E-state index in [4.69, 9.17) is 5.73 Å². The van der Waals surface area contributed by atoms with Gasteiger partial charge < -0.3 is 15.6 Å². The van der Waals surface area contributed by atoms with Crippen LogP contribution in [-0.4, -0.2) is 33.0 Å². The smallest absolute Gasteiger partial charge is 0.744 e. The molecule has 12 heteroatoms. The summed E-state index contributed by atoms with van der Waals surface area (Å²) < 4.78 is 60.5. The summed E-state index contributed by atoms with van der Waals surface area (Å²) in [5.41, 5.74) is 4.31. The fourth-order valence-corrected chi connectivity index (χ4v) is 5.16. The zero-order chi connectivity index (χ0) is 24.1. The third-order valence-electron chi connectivity index (χ3n) is 5.15. The van der Waals surface area contributed by atoms with Crippen molar-refractivity contribution in [1.29, 1.82) is 0 Å². The number of anilines is 3. The minimum atomic E-state index is -5.16. The minimum Gasteiger partial charge on any atom is -0.744 e. The molecule has 9 nitrogen and oxygen atoms in total. The van der Waals surface area contributed by atoms with E-state index in [0.29, 0.717) is 0 Å². The van der Waals surface area contributed by atoms with E-state index < -0.39 is 47.7 Å². The van der Waals surface area contributed by atoms with E-state index in [-0.39, 0.29) is 62.5 Å². The predicted octanol–water partition coefficient (Wildman–Crippen LogP) is -0.387. The number of fused-ring (bicyclic) bond motifs is 2. The molecule has 0 atom stereocenters. The zero-order valence-electron chi connectivity index (χ0n) is 17.7. The second-order valence-electron chi connectivity index (χ2n) is 7.08. The number of nitrogens with two attached hydrogens (primary N) is 1. The van der Waals surface area contributed by atoms with Crippen LogP contribution in [0.25, 0.3) is 0 Å². The van der Waals surface area contributed by atoms with Gasteiger partial charge >= 0.3 is 29.6 Å². The molecule has 0 saturated heterocycles. The number of sulfone groups is 1. The zero-order valence-corrected chi connectivity index (χ0v) is 21.4. The fraction of sp³-hybridized carbons (Fsp3) is 0. The molecule has 3 N–H and O–H groups in total. The number of ketones is 2. The van der Waals surface area contributed by atoms with Gasteiger partial charge in [-0.3, -0.25) is 9.59 Å². The normalized spacial score (nSPS) is 12.9. The number of para-hydroxylation sites is 1. The molecular formula is C22H15N2NaO7S2. The number of carbonyl (C=O) groups is 2. The van der Waals surface area contributed by atoms with Crippen molar-refractivity contribution in [3.8, 4) is 0 Å². The van der Waals surface area contributed by atoms with Gasteiger partial charge in [-0.25, -0.2) is 16.8 Å². The third kappa shape index (κ3) is 4.22. The van der Waals surface area contributed by atoms with E-state index in [1.54, 1.807) is 6.07 Å². The van der Waals surface area contributed by atoms with Gasteiger partial charge in [0.15, 0.2) is 11.6 Å². The maximum Gasteiger partial charge on any atom is 1.00 e. The molecule has 0 heterocycles. The Morgan fingerprint density at radius 3 is 1.91 bits per heavy atom.